The highest BCUT2D eigenvalue weighted by atomic mass is 16.6. The lowest BCUT2D eigenvalue weighted by Crippen LogP contribution is -2.52. The van der Waals surface area contributed by atoms with E-state index in [9.17, 15) is 29.6 Å². The van der Waals surface area contributed by atoms with E-state index >= 15 is 0 Å². The van der Waals surface area contributed by atoms with E-state index in [-0.39, 0.29) is 18.5 Å². The summed E-state index contributed by atoms with van der Waals surface area (Å²) < 4.78 is 0. The van der Waals surface area contributed by atoms with Crippen LogP contribution in [0.15, 0.2) is 54.6 Å². The van der Waals surface area contributed by atoms with E-state index in [0.717, 1.165) is 5.56 Å². The fourth-order valence-electron chi connectivity index (χ4n) is 2.77. The Morgan fingerprint density at radius 3 is 2.00 bits per heavy atom. The van der Waals surface area contributed by atoms with Gasteiger partial charge in [0.2, 0.25) is 11.8 Å². The van der Waals surface area contributed by atoms with Crippen molar-refractivity contribution in [1.29, 1.82) is 0 Å². The summed E-state index contributed by atoms with van der Waals surface area (Å²) in [6.45, 7) is 1.27. The smallest absolute Gasteiger partial charge is 0.326 e. The Bertz CT molecular complexity index is 883. The van der Waals surface area contributed by atoms with E-state index in [2.05, 4.69) is 10.6 Å². The first-order valence-electron chi connectivity index (χ1n) is 8.84. The van der Waals surface area contributed by atoms with Crippen molar-refractivity contribution < 1.29 is 24.4 Å². The minimum atomic E-state index is -1.25. The fourth-order valence-corrected chi connectivity index (χ4v) is 2.77. The predicted molar refractivity (Wildman–Crippen MR) is 104 cm³/mol. The van der Waals surface area contributed by atoms with Crippen molar-refractivity contribution in [3.63, 3.8) is 0 Å². The Hall–Kier alpha value is -3.75. The van der Waals surface area contributed by atoms with Crippen molar-refractivity contribution in [3.05, 3.63) is 75.8 Å². The topological polar surface area (TPSA) is 139 Å². The van der Waals surface area contributed by atoms with Gasteiger partial charge in [-0.1, -0.05) is 42.5 Å². The molecule has 9 nitrogen and oxygen atoms in total. The maximum absolute atomic E-state index is 12.7. The second-order valence-electron chi connectivity index (χ2n) is 6.47. The fraction of sp³-hybridized carbons (Fsp3) is 0.250. The van der Waals surface area contributed by atoms with Crippen molar-refractivity contribution in [2.75, 3.05) is 0 Å². The van der Waals surface area contributed by atoms with Gasteiger partial charge in [0.15, 0.2) is 0 Å². The van der Waals surface area contributed by atoms with Crippen LogP contribution in [0.4, 0.5) is 5.69 Å². The van der Waals surface area contributed by atoms with Crippen LogP contribution >= 0.6 is 0 Å². The Morgan fingerprint density at radius 2 is 1.48 bits per heavy atom. The van der Waals surface area contributed by atoms with Gasteiger partial charge in [-0.05, 0) is 11.1 Å². The van der Waals surface area contributed by atoms with E-state index < -0.39 is 34.8 Å². The monoisotopic (exact) mass is 399 g/mol. The number of hydrogen-bond acceptors (Lipinski definition) is 5. The molecule has 152 valence electrons. The van der Waals surface area contributed by atoms with Crippen LogP contribution in [0.25, 0.3) is 0 Å². The minimum Gasteiger partial charge on any atom is -0.480 e. The lowest BCUT2D eigenvalue weighted by atomic mass is 10.0. The first kappa shape index (κ1) is 21.5. The number of benzene rings is 2. The quantitative estimate of drug-likeness (QED) is 0.431. The molecule has 0 aliphatic heterocycles. The molecule has 0 spiro atoms. The largest absolute Gasteiger partial charge is 0.480 e. The summed E-state index contributed by atoms with van der Waals surface area (Å²) in [6.07, 6.45) is 0.146. The van der Waals surface area contributed by atoms with Crippen LogP contribution in [0, 0.1) is 10.1 Å². The number of nitrogens with one attached hydrogen (secondary N) is 2. The summed E-state index contributed by atoms with van der Waals surface area (Å²) in [5, 5.41) is 25.2. The number of nitrogens with zero attached hydrogens (tertiary/aromatic N) is 1. The third kappa shape index (κ3) is 6.73. The van der Waals surface area contributed by atoms with Crippen LogP contribution < -0.4 is 10.6 Å². The first-order chi connectivity index (χ1) is 13.8. The molecule has 0 aliphatic carbocycles. The van der Waals surface area contributed by atoms with Crippen LogP contribution in [0.1, 0.15) is 18.1 Å². The summed E-state index contributed by atoms with van der Waals surface area (Å²) in [6, 6.07) is 12.2. The van der Waals surface area contributed by atoms with E-state index in [1.54, 1.807) is 24.3 Å². The van der Waals surface area contributed by atoms with Crippen LogP contribution in [0.5, 0.6) is 0 Å². The zero-order chi connectivity index (χ0) is 21.4. The second kappa shape index (κ2) is 9.98. The first-order valence-corrected chi connectivity index (χ1v) is 8.84. The van der Waals surface area contributed by atoms with Crippen LogP contribution in [0.2, 0.25) is 0 Å². The molecule has 2 aromatic carbocycles. The number of hydrogen-bond donors (Lipinski definition) is 3. The molecule has 2 aromatic rings. The van der Waals surface area contributed by atoms with Crippen LogP contribution in [-0.2, 0) is 27.2 Å². The van der Waals surface area contributed by atoms with Gasteiger partial charge in [0.25, 0.3) is 5.69 Å². The molecule has 9 heteroatoms. The van der Waals surface area contributed by atoms with Crippen molar-refractivity contribution in [1.82, 2.24) is 10.6 Å². The summed E-state index contributed by atoms with van der Waals surface area (Å²) in [7, 11) is 0. The number of rotatable bonds is 9. The molecule has 0 saturated heterocycles. The van der Waals surface area contributed by atoms with Gasteiger partial charge in [0.1, 0.15) is 12.1 Å². The molecule has 3 N–H and O–H groups in total. The van der Waals surface area contributed by atoms with E-state index in [1.165, 1.54) is 31.2 Å². The number of amides is 2. The molecule has 2 atom stereocenters. The van der Waals surface area contributed by atoms with Gasteiger partial charge < -0.3 is 15.7 Å². The number of carboxylic acid groups (broad SMARTS) is 1. The van der Waals surface area contributed by atoms with Crippen LogP contribution in [-0.4, -0.2) is 39.9 Å². The molecule has 0 radical (unpaired) electrons. The maximum Gasteiger partial charge on any atom is 0.326 e. The van der Waals surface area contributed by atoms with E-state index in [0.29, 0.717) is 5.56 Å². The van der Waals surface area contributed by atoms with Crippen molar-refractivity contribution in [2.24, 2.45) is 0 Å². The lowest BCUT2D eigenvalue weighted by molar-refractivity contribution is -0.384. The summed E-state index contributed by atoms with van der Waals surface area (Å²) in [5.74, 6) is -2.29. The zero-order valence-corrected chi connectivity index (χ0v) is 15.7. The third-order valence-corrected chi connectivity index (χ3v) is 4.18. The van der Waals surface area contributed by atoms with E-state index in [4.69, 9.17) is 0 Å². The standard InChI is InChI=1S/C20H21N3O6/c1-13(24)21-17(11-14-5-3-2-4-6-14)19(25)22-18(20(26)27)12-15-7-9-16(10-8-15)23(28)29/h2-10,17-18H,11-12H2,1H3,(H,21,24)(H,22,25)(H,26,27)/t17-,18-/m0/s1. The number of nitro groups is 1. The van der Waals surface area contributed by atoms with Gasteiger partial charge >= 0.3 is 5.97 Å². The highest BCUT2D eigenvalue weighted by Gasteiger charge is 2.26. The van der Waals surface area contributed by atoms with Gasteiger partial charge in [0, 0.05) is 31.9 Å². The maximum atomic E-state index is 12.7. The Morgan fingerprint density at radius 1 is 0.931 bits per heavy atom. The Labute approximate surface area is 166 Å². The molecule has 29 heavy (non-hydrogen) atoms. The van der Waals surface area contributed by atoms with Crippen molar-refractivity contribution in [2.45, 2.75) is 31.8 Å². The van der Waals surface area contributed by atoms with Gasteiger partial charge in [-0.2, -0.15) is 0 Å². The summed E-state index contributed by atoms with van der Waals surface area (Å²) in [5.41, 5.74) is 1.21. The molecule has 2 rings (SSSR count). The molecule has 0 fully saturated rings. The molecule has 0 saturated carbocycles. The van der Waals surface area contributed by atoms with Crippen molar-refractivity contribution in [3.8, 4) is 0 Å². The van der Waals surface area contributed by atoms with Gasteiger partial charge in [0.05, 0.1) is 4.92 Å². The summed E-state index contributed by atoms with van der Waals surface area (Å²) >= 11 is 0. The number of aliphatic carboxylic acids is 1. The lowest BCUT2D eigenvalue weighted by Gasteiger charge is -2.21. The number of non-ortho nitro benzene ring substituents is 1. The normalized spacial score (nSPS) is 12.4. The highest BCUT2D eigenvalue weighted by molar-refractivity contribution is 5.90. The SMILES string of the molecule is CC(=O)N[C@@H](Cc1ccccc1)C(=O)N[C@@H](Cc1ccc([N+](=O)[O-])cc1)C(=O)O. The zero-order valence-electron chi connectivity index (χ0n) is 15.7. The average molecular weight is 399 g/mol. The average Bonchev–Trinajstić information content (AvgIpc) is 2.67. The number of carbonyl (C=O) groups excluding carboxylic acids is 2. The van der Waals surface area contributed by atoms with Gasteiger partial charge in [-0.25, -0.2) is 4.79 Å². The van der Waals surface area contributed by atoms with Crippen LogP contribution in [0.3, 0.4) is 0 Å². The molecule has 0 unspecified atom stereocenters. The Kier molecular flexibility index (Phi) is 7.41. The highest BCUT2D eigenvalue weighted by Crippen LogP contribution is 2.13. The molecular weight excluding hydrogens is 378 g/mol. The number of nitro benzene ring substituents is 1. The molecule has 2 amide bonds. The third-order valence-electron chi connectivity index (χ3n) is 4.18. The molecule has 0 aliphatic rings. The van der Waals surface area contributed by atoms with E-state index in [1.807, 2.05) is 6.07 Å². The molecule has 0 aromatic heterocycles. The van der Waals surface area contributed by atoms with Gasteiger partial charge in [-0.3, -0.25) is 19.7 Å². The summed E-state index contributed by atoms with van der Waals surface area (Å²) in [4.78, 5) is 45.9. The molecule has 0 bridgehead atoms. The number of carboxylic acids is 1. The number of carbonyl (C=O) groups is 3. The molecular formula is C20H21N3O6. The van der Waals surface area contributed by atoms with Crippen molar-refractivity contribution >= 4 is 23.5 Å². The van der Waals surface area contributed by atoms with Gasteiger partial charge in [-0.15, -0.1) is 0 Å². The molecule has 0 heterocycles. The second-order valence-corrected chi connectivity index (χ2v) is 6.47. The minimum absolute atomic E-state index is 0.0583. The predicted octanol–water partition coefficient (Wildman–Crippen LogP) is 1.45. The Balaban J connectivity index is 2.11.